The first kappa shape index (κ1) is 15.5. The molecule has 0 bridgehead atoms. The van der Waals surface area contributed by atoms with Gasteiger partial charge in [-0.3, -0.25) is 0 Å². The van der Waals surface area contributed by atoms with E-state index < -0.39 is 0 Å². The first-order valence-corrected chi connectivity index (χ1v) is 7.86. The minimum atomic E-state index is 0.222. The molecule has 1 saturated heterocycles. The van der Waals surface area contributed by atoms with Gasteiger partial charge in [-0.25, -0.2) is 0 Å². The Labute approximate surface area is 123 Å². The molecule has 1 aromatic carbocycles. The highest BCUT2D eigenvalue weighted by atomic mass is 16.5. The summed E-state index contributed by atoms with van der Waals surface area (Å²) in [5, 5.41) is 3.67. The van der Waals surface area contributed by atoms with E-state index >= 15 is 0 Å². The van der Waals surface area contributed by atoms with Crippen molar-refractivity contribution in [3.8, 4) is 0 Å². The third-order valence-corrected chi connectivity index (χ3v) is 4.31. The van der Waals surface area contributed by atoms with E-state index in [9.17, 15) is 0 Å². The van der Waals surface area contributed by atoms with Crippen LogP contribution in [0.1, 0.15) is 64.6 Å². The van der Waals surface area contributed by atoms with Gasteiger partial charge in [0.2, 0.25) is 0 Å². The van der Waals surface area contributed by atoms with E-state index in [1.807, 2.05) is 0 Å². The molecule has 0 radical (unpaired) electrons. The summed E-state index contributed by atoms with van der Waals surface area (Å²) in [5.74, 6) is 0. The normalized spacial score (nSPS) is 22.8. The smallest absolute Gasteiger partial charge is 0.0726 e. The van der Waals surface area contributed by atoms with E-state index in [1.165, 1.54) is 24.0 Å². The van der Waals surface area contributed by atoms with Crippen LogP contribution < -0.4 is 5.32 Å². The minimum absolute atomic E-state index is 0.222. The van der Waals surface area contributed by atoms with Crippen molar-refractivity contribution in [1.29, 1.82) is 0 Å². The van der Waals surface area contributed by atoms with Crippen LogP contribution in [0, 0.1) is 0 Å². The van der Waals surface area contributed by atoms with Gasteiger partial charge in [0.05, 0.1) is 6.10 Å². The molecule has 2 heteroatoms. The summed E-state index contributed by atoms with van der Waals surface area (Å²) in [6.45, 7) is 12.1. The molecule has 2 nitrogen and oxygen atoms in total. The lowest BCUT2D eigenvalue weighted by Crippen LogP contribution is -2.38. The molecule has 20 heavy (non-hydrogen) atoms. The molecule has 112 valence electrons. The van der Waals surface area contributed by atoms with Gasteiger partial charge in [-0.05, 0) is 43.2 Å². The molecule has 1 N–H and O–H groups in total. The molecular formula is C18H29NO. The summed E-state index contributed by atoms with van der Waals surface area (Å²) >= 11 is 0. The monoisotopic (exact) mass is 275 g/mol. The van der Waals surface area contributed by atoms with E-state index in [-0.39, 0.29) is 5.41 Å². The van der Waals surface area contributed by atoms with Crippen molar-refractivity contribution in [3.63, 3.8) is 0 Å². The molecule has 1 heterocycles. The van der Waals surface area contributed by atoms with Gasteiger partial charge in [0.1, 0.15) is 0 Å². The fraction of sp³-hybridized carbons (Fsp3) is 0.667. The zero-order valence-electron chi connectivity index (χ0n) is 13.6. The van der Waals surface area contributed by atoms with Gasteiger partial charge in [-0.15, -0.1) is 0 Å². The summed E-state index contributed by atoms with van der Waals surface area (Å²) in [5.41, 5.74) is 2.96. The van der Waals surface area contributed by atoms with Gasteiger partial charge in [-0.2, -0.15) is 0 Å². The Balaban J connectivity index is 1.96. The summed E-state index contributed by atoms with van der Waals surface area (Å²) in [6.07, 6.45) is 2.76. The van der Waals surface area contributed by atoms with Crippen molar-refractivity contribution in [3.05, 3.63) is 35.4 Å². The molecule has 1 aromatic rings. The largest absolute Gasteiger partial charge is 0.377 e. The lowest BCUT2D eigenvalue weighted by atomic mass is 9.86. The standard InChI is InChI=1S/C18H29NO/c1-13(19-14(2)17-7-6-12-20-17)15-8-10-16(11-9-15)18(3,4)5/h8-11,13-14,17,19H,6-7,12H2,1-5H3. The van der Waals surface area contributed by atoms with Gasteiger partial charge in [0.25, 0.3) is 0 Å². The van der Waals surface area contributed by atoms with Crippen molar-refractivity contribution in [2.45, 2.75) is 71.1 Å². The second kappa shape index (κ2) is 6.28. The van der Waals surface area contributed by atoms with E-state index in [2.05, 4.69) is 64.2 Å². The quantitative estimate of drug-likeness (QED) is 0.889. The molecule has 0 saturated carbocycles. The Hall–Kier alpha value is -0.860. The van der Waals surface area contributed by atoms with Crippen molar-refractivity contribution in [1.82, 2.24) is 5.32 Å². The Kier molecular flexibility index (Phi) is 4.87. The van der Waals surface area contributed by atoms with Crippen molar-refractivity contribution >= 4 is 0 Å². The zero-order valence-corrected chi connectivity index (χ0v) is 13.6. The van der Waals surface area contributed by atoms with E-state index in [4.69, 9.17) is 4.74 Å². The van der Waals surface area contributed by atoms with E-state index in [1.54, 1.807) is 0 Å². The van der Waals surface area contributed by atoms with Crippen LogP contribution in [0.25, 0.3) is 0 Å². The molecule has 0 aromatic heterocycles. The molecule has 1 aliphatic rings. The molecule has 0 amide bonds. The maximum absolute atomic E-state index is 5.75. The third-order valence-electron chi connectivity index (χ3n) is 4.31. The van der Waals surface area contributed by atoms with Crippen LogP contribution in [0.3, 0.4) is 0 Å². The van der Waals surface area contributed by atoms with Crippen molar-refractivity contribution in [2.24, 2.45) is 0 Å². The Morgan fingerprint density at radius 1 is 1.15 bits per heavy atom. The first-order valence-electron chi connectivity index (χ1n) is 7.86. The molecule has 3 atom stereocenters. The highest BCUT2D eigenvalue weighted by Gasteiger charge is 2.23. The summed E-state index contributed by atoms with van der Waals surface area (Å²) in [7, 11) is 0. The lowest BCUT2D eigenvalue weighted by molar-refractivity contribution is 0.0804. The third kappa shape index (κ3) is 3.83. The Morgan fingerprint density at radius 2 is 1.80 bits per heavy atom. The maximum Gasteiger partial charge on any atom is 0.0726 e. The fourth-order valence-corrected chi connectivity index (χ4v) is 2.87. The average Bonchev–Trinajstić information content (AvgIpc) is 2.91. The predicted octanol–water partition coefficient (Wildman–Crippen LogP) is 4.20. The summed E-state index contributed by atoms with van der Waals surface area (Å²) in [6, 6.07) is 9.79. The SMILES string of the molecule is CC(NC(C)C1CCCO1)c1ccc(C(C)(C)C)cc1. The average molecular weight is 275 g/mol. The van der Waals surface area contributed by atoms with Crippen molar-refractivity contribution in [2.75, 3.05) is 6.61 Å². The highest BCUT2D eigenvalue weighted by molar-refractivity contribution is 5.29. The molecule has 0 spiro atoms. The second-order valence-corrected chi connectivity index (χ2v) is 7.10. The van der Waals surface area contributed by atoms with Gasteiger partial charge in [0.15, 0.2) is 0 Å². The lowest BCUT2D eigenvalue weighted by Gasteiger charge is -2.25. The van der Waals surface area contributed by atoms with Crippen LogP contribution in [0.15, 0.2) is 24.3 Å². The predicted molar refractivity (Wildman–Crippen MR) is 85.1 cm³/mol. The fourth-order valence-electron chi connectivity index (χ4n) is 2.87. The number of ether oxygens (including phenoxy) is 1. The second-order valence-electron chi connectivity index (χ2n) is 7.10. The van der Waals surface area contributed by atoms with Crippen LogP contribution >= 0.6 is 0 Å². The van der Waals surface area contributed by atoms with Crippen LogP contribution in [-0.4, -0.2) is 18.8 Å². The molecule has 3 unspecified atom stereocenters. The maximum atomic E-state index is 5.75. The first-order chi connectivity index (χ1) is 9.38. The van der Waals surface area contributed by atoms with Crippen LogP contribution in [-0.2, 0) is 10.2 Å². The topological polar surface area (TPSA) is 21.3 Å². The summed E-state index contributed by atoms with van der Waals surface area (Å²) < 4.78 is 5.75. The van der Waals surface area contributed by atoms with Crippen LogP contribution in [0.2, 0.25) is 0 Å². The van der Waals surface area contributed by atoms with E-state index in [0.717, 1.165) is 6.61 Å². The van der Waals surface area contributed by atoms with Crippen LogP contribution in [0.4, 0.5) is 0 Å². The molecule has 2 rings (SSSR count). The molecule has 1 aliphatic heterocycles. The highest BCUT2D eigenvalue weighted by Crippen LogP contribution is 2.24. The van der Waals surface area contributed by atoms with Crippen LogP contribution in [0.5, 0.6) is 0 Å². The summed E-state index contributed by atoms with van der Waals surface area (Å²) in [4.78, 5) is 0. The van der Waals surface area contributed by atoms with Gasteiger partial charge in [-0.1, -0.05) is 45.0 Å². The number of benzene rings is 1. The minimum Gasteiger partial charge on any atom is -0.377 e. The van der Waals surface area contributed by atoms with Gasteiger partial charge in [0, 0.05) is 18.7 Å². The van der Waals surface area contributed by atoms with Gasteiger partial charge >= 0.3 is 0 Å². The molecule has 0 aliphatic carbocycles. The Morgan fingerprint density at radius 3 is 2.30 bits per heavy atom. The number of hydrogen-bond acceptors (Lipinski definition) is 2. The van der Waals surface area contributed by atoms with Crippen molar-refractivity contribution < 1.29 is 4.74 Å². The molecular weight excluding hydrogens is 246 g/mol. The Bertz CT molecular complexity index is 412. The zero-order chi connectivity index (χ0) is 14.8. The number of rotatable bonds is 4. The van der Waals surface area contributed by atoms with Gasteiger partial charge < -0.3 is 10.1 Å². The molecule has 1 fully saturated rings. The van der Waals surface area contributed by atoms with E-state index in [0.29, 0.717) is 18.2 Å². The number of hydrogen-bond donors (Lipinski definition) is 1. The number of nitrogens with one attached hydrogen (secondary N) is 1.